The topological polar surface area (TPSA) is 29.3 Å². The van der Waals surface area contributed by atoms with Crippen molar-refractivity contribution in [3.63, 3.8) is 0 Å². The van der Waals surface area contributed by atoms with Gasteiger partial charge in [-0.25, -0.2) is 0 Å². The summed E-state index contributed by atoms with van der Waals surface area (Å²) in [7, 11) is 0. The van der Waals surface area contributed by atoms with Crippen LogP contribution in [0.1, 0.15) is 53.4 Å². The van der Waals surface area contributed by atoms with Crippen LogP contribution in [0.3, 0.4) is 0 Å². The van der Waals surface area contributed by atoms with Crippen LogP contribution >= 0.6 is 0 Å². The number of hydrogen-bond donors (Lipinski definition) is 1. The third kappa shape index (κ3) is 4.42. The molecule has 1 fully saturated rings. The van der Waals surface area contributed by atoms with E-state index in [4.69, 9.17) is 5.73 Å². The number of nitrogens with zero attached hydrogens (tertiary/aromatic N) is 1. The lowest BCUT2D eigenvalue weighted by molar-refractivity contribution is 0.177. The number of nitrogens with two attached hydrogens (primary N) is 1. The van der Waals surface area contributed by atoms with Crippen molar-refractivity contribution in [1.82, 2.24) is 4.90 Å². The smallest absolute Gasteiger partial charge is 0.0223 e. The highest BCUT2D eigenvalue weighted by Gasteiger charge is 2.29. The van der Waals surface area contributed by atoms with Crippen molar-refractivity contribution in [2.45, 2.75) is 59.4 Å². The highest BCUT2D eigenvalue weighted by molar-refractivity contribution is 4.84. The molecule has 2 atom stereocenters. The molecule has 0 radical (unpaired) electrons. The van der Waals surface area contributed by atoms with Crippen molar-refractivity contribution in [2.24, 2.45) is 17.1 Å². The molecule has 1 rings (SSSR count). The molecule has 1 heterocycles. The quantitative estimate of drug-likeness (QED) is 0.781. The van der Waals surface area contributed by atoms with E-state index in [0.29, 0.717) is 11.5 Å². The maximum Gasteiger partial charge on any atom is 0.0223 e. The molecule has 0 aromatic carbocycles. The molecule has 2 unspecified atom stereocenters. The van der Waals surface area contributed by atoms with Gasteiger partial charge in [-0.2, -0.15) is 0 Å². The minimum absolute atomic E-state index is 0.396. The van der Waals surface area contributed by atoms with E-state index < -0.39 is 0 Å². The molecule has 0 aliphatic carbocycles. The van der Waals surface area contributed by atoms with E-state index in [1.165, 1.54) is 38.8 Å². The van der Waals surface area contributed by atoms with Gasteiger partial charge in [0.05, 0.1) is 0 Å². The predicted octanol–water partition coefficient (Wildman–Crippen LogP) is 2.87. The van der Waals surface area contributed by atoms with E-state index in [-0.39, 0.29) is 0 Å². The fraction of sp³-hybridized carbons (Fsp3) is 1.00. The SMILES string of the molecule is CCCC1CCN(C(CN)CC(C)(C)C)C1. The minimum Gasteiger partial charge on any atom is -0.329 e. The maximum absolute atomic E-state index is 5.94. The summed E-state index contributed by atoms with van der Waals surface area (Å²) >= 11 is 0. The second kappa shape index (κ2) is 6.02. The number of likely N-dealkylation sites (tertiary alicyclic amines) is 1. The maximum atomic E-state index is 5.94. The van der Waals surface area contributed by atoms with E-state index in [0.717, 1.165) is 12.5 Å². The van der Waals surface area contributed by atoms with Gasteiger partial charge in [0.15, 0.2) is 0 Å². The summed E-state index contributed by atoms with van der Waals surface area (Å²) in [6, 6.07) is 0.599. The van der Waals surface area contributed by atoms with E-state index >= 15 is 0 Å². The molecule has 0 saturated carbocycles. The van der Waals surface area contributed by atoms with Crippen molar-refractivity contribution in [2.75, 3.05) is 19.6 Å². The first-order chi connectivity index (χ1) is 7.46. The summed E-state index contributed by atoms with van der Waals surface area (Å²) < 4.78 is 0. The average molecular weight is 226 g/mol. The minimum atomic E-state index is 0.396. The first-order valence-electron chi connectivity index (χ1n) is 6.90. The third-order valence-electron chi connectivity index (χ3n) is 3.65. The summed E-state index contributed by atoms with van der Waals surface area (Å²) in [6.07, 6.45) is 5.32. The van der Waals surface area contributed by atoms with E-state index in [1.807, 2.05) is 0 Å². The van der Waals surface area contributed by atoms with Gasteiger partial charge in [0.1, 0.15) is 0 Å². The molecular formula is C14H30N2. The largest absolute Gasteiger partial charge is 0.329 e. The third-order valence-corrected chi connectivity index (χ3v) is 3.65. The van der Waals surface area contributed by atoms with Crippen LogP contribution in [0.2, 0.25) is 0 Å². The molecular weight excluding hydrogens is 196 g/mol. The molecule has 0 amide bonds. The van der Waals surface area contributed by atoms with Crippen LogP contribution in [-0.4, -0.2) is 30.6 Å². The van der Waals surface area contributed by atoms with Gasteiger partial charge in [0.2, 0.25) is 0 Å². The summed E-state index contributed by atoms with van der Waals surface area (Å²) in [5, 5.41) is 0. The molecule has 0 aromatic rings. The van der Waals surface area contributed by atoms with Gasteiger partial charge in [-0.15, -0.1) is 0 Å². The lowest BCUT2D eigenvalue weighted by Crippen LogP contribution is -2.41. The molecule has 2 heteroatoms. The van der Waals surface area contributed by atoms with Crippen LogP contribution < -0.4 is 5.73 Å². The second-order valence-electron chi connectivity index (χ2n) is 6.59. The van der Waals surface area contributed by atoms with Gasteiger partial charge in [-0.1, -0.05) is 34.1 Å². The van der Waals surface area contributed by atoms with Gasteiger partial charge in [0.25, 0.3) is 0 Å². The molecule has 16 heavy (non-hydrogen) atoms. The summed E-state index contributed by atoms with van der Waals surface area (Å²) in [6.45, 7) is 12.6. The second-order valence-corrected chi connectivity index (χ2v) is 6.59. The van der Waals surface area contributed by atoms with Gasteiger partial charge in [-0.05, 0) is 37.1 Å². The van der Waals surface area contributed by atoms with E-state index in [9.17, 15) is 0 Å². The predicted molar refractivity (Wildman–Crippen MR) is 71.5 cm³/mol. The number of hydrogen-bond acceptors (Lipinski definition) is 2. The standard InChI is InChI=1S/C14H30N2/c1-5-6-12-7-8-16(11-12)13(10-15)9-14(2,3)4/h12-13H,5-11,15H2,1-4H3. The Hall–Kier alpha value is -0.0800. The zero-order valence-corrected chi connectivity index (χ0v) is 11.6. The Bertz CT molecular complexity index is 195. The van der Waals surface area contributed by atoms with Crippen molar-refractivity contribution in [1.29, 1.82) is 0 Å². The van der Waals surface area contributed by atoms with Gasteiger partial charge in [0, 0.05) is 19.1 Å². The molecule has 2 N–H and O–H groups in total. The van der Waals surface area contributed by atoms with Crippen molar-refractivity contribution < 1.29 is 0 Å². The van der Waals surface area contributed by atoms with Crippen LogP contribution in [0.25, 0.3) is 0 Å². The van der Waals surface area contributed by atoms with Gasteiger partial charge in [-0.3, -0.25) is 4.90 Å². The average Bonchev–Trinajstić information content (AvgIpc) is 2.62. The van der Waals surface area contributed by atoms with Crippen LogP contribution in [0.4, 0.5) is 0 Å². The molecule has 0 bridgehead atoms. The molecule has 1 aliphatic heterocycles. The van der Waals surface area contributed by atoms with Gasteiger partial charge < -0.3 is 5.73 Å². The molecule has 2 nitrogen and oxygen atoms in total. The zero-order valence-electron chi connectivity index (χ0n) is 11.6. The fourth-order valence-electron chi connectivity index (χ4n) is 2.91. The van der Waals surface area contributed by atoms with Crippen LogP contribution in [-0.2, 0) is 0 Å². The van der Waals surface area contributed by atoms with Crippen molar-refractivity contribution in [3.05, 3.63) is 0 Å². The van der Waals surface area contributed by atoms with E-state index in [1.54, 1.807) is 0 Å². The summed E-state index contributed by atoms with van der Waals surface area (Å²) in [4.78, 5) is 2.63. The Morgan fingerprint density at radius 3 is 2.56 bits per heavy atom. The van der Waals surface area contributed by atoms with Crippen molar-refractivity contribution >= 4 is 0 Å². The van der Waals surface area contributed by atoms with E-state index in [2.05, 4.69) is 32.6 Å². The van der Waals surface area contributed by atoms with Crippen LogP contribution in [0.5, 0.6) is 0 Å². The van der Waals surface area contributed by atoms with Crippen molar-refractivity contribution in [3.8, 4) is 0 Å². The zero-order chi connectivity index (χ0) is 12.2. The normalized spacial score (nSPS) is 24.9. The monoisotopic (exact) mass is 226 g/mol. The summed E-state index contributed by atoms with van der Waals surface area (Å²) in [5.41, 5.74) is 6.33. The molecule has 1 saturated heterocycles. The Morgan fingerprint density at radius 1 is 1.38 bits per heavy atom. The fourth-order valence-corrected chi connectivity index (χ4v) is 2.91. The first-order valence-corrected chi connectivity index (χ1v) is 6.90. The Morgan fingerprint density at radius 2 is 2.06 bits per heavy atom. The lowest BCUT2D eigenvalue weighted by Gasteiger charge is -2.32. The number of rotatable bonds is 5. The Labute approximate surface area is 102 Å². The van der Waals surface area contributed by atoms with Crippen LogP contribution in [0, 0.1) is 11.3 Å². The highest BCUT2D eigenvalue weighted by atomic mass is 15.2. The molecule has 1 aliphatic rings. The molecule has 96 valence electrons. The molecule has 0 aromatic heterocycles. The Balaban J connectivity index is 2.43. The van der Waals surface area contributed by atoms with Gasteiger partial charge >= 0.3 is 0 Å². The van der Waals surface area contributed by atoms with Crippen LogP contribution in [0.15, 0.2) is 0 Å². The Kier molecular flexibility index (Phi) is 5.26. The lowest BCUT2D eigenvalue weighted by atomic mass is 9.87. The summed E-state index contributed by atoms with van der Waals surface area (Å²) in [5.74, 6) is 0.930. The molecule has 0 spiro atoms. The first kappa shape index (κ1) is 14.0. The highest BCUT2D eigenvalue weighted by Crippen LogP contribution is 2.28.